The molecule has 2 fully saturated rings. The monoisotopic (exact) mass is 467 g/mol. The first-order chi connectivity index (χ1) is 15.9. The second-order valence-electron chi connectivity index (χ2n) is 9.13. The molecule has 176 valence electrons. The van der Waals surface area contributed by atoms with Gasteiger partial charge in [0.2, 0.25) is 10.0 Å². The fourth-order valence-corrected chi connectivity index (χ4v) is 6.47. The standard InChI is InChI=1S/C26H33N3O3S/c1-27(2)16-8-9-21-12-14-22(15-13-21)26-24-19-28(17-6-7-18-29(24)25(26)20-30)33(31,32)23-10-4-3-5-11-23/h3-5,10-15,24-26,30H,6-7,16-20H2,1-2H3/t24-,25+,26-/m1/s1. The molecule has 3 atom stereocenters. The Morgan fingerprint density at radius 1 is 1.03 bits per heavy atom. The first-order valence-corrected chi connectivity index (χ1v) is 13.0. The summed E-state index contributed by atoms with van der Waals surface area (Å²) in [5.74, 6) is 6.42. The minimum Gasteiger partial charge on any atom is -0.395 e. The summed E-state index contributed by atoms with van der Waals surface area (Å²) in [5, 5.41) is 10.1. The van der Waals surface area contributed by atoms with E-state index < -0.39 is 10.0 Å². The third-order valence-corrected chi connectivity index (χ3v) is 8.52. The molecule has 1 N–H and O–H groups in total. The van der Waals surface area contributed by atoms with E-state index in [0.717, 1.165) is 30.5 Å². The van der Waals surface area contributed by atoms with E-state index in [4.69, 9.17) is 0 Å². The van der Waals surface area contributed by atoms with Gasteiger partial charge < -0.3 is 5.11 Å². The maximum absolute atomic E-state index is 13.4. The molecule has 0 aliphatic carbocycles. The van der Waals surface area contributed by atoms with Gasteiger partial charge in [-0.25, -0.2) is 8.42 Å². The van der Waals surface area contributed by atoms with Gasteiger partial charge in [-0.15, -0.1) is 0 Å². The molecule has 2 aromatic rings. The first-order valence-electron chi connectivity index (χ1n) is 11.6. The number of fused-ring (bicyclic) bond motifs is 1. The van der Waals surface area contributed by atoms with Crippen LogP contribution in [0.5, 0.6) is 0 Å². The molecule has 2 aliphatic heterocycles. The molecule has 0 amide bonds. The van der Waals surface area contributed by atoms with E-state index >= 15 is 0 Å². The maximum Gasteiger partial charge on any atom is 0.243 e. The highest BCUT2D eigenvalue weighted by Gasteiger charge is 2.50. The van der Waals surface area contributed by atoms with Crippen molar-refractivity contribution in [2.24, 2.45) is 0 Å². The van der Waals surface area contributed by atoms with Crippen LogP contribution in [0.15, 0.2) is 59.5 Å². The van der Waals surface area contributed by atoms with E-state index in [1.165, 1.54) is 0 Å². The molecule has 4 rings (SSSR count). The summed E-state index contributed by atoms with van der Waals surface area (Å²) in [5.41, 5.74) is 2.09. The molecule has 0 spiro atoms. The molecule has 2 aliphatic rings. The van der Waals surface area contributed by atoms with Crippen molar-refractivity contribution in [2.45, 2.75) is 35.7 Å². The minimum atomic E-state index is -3.56. The van der Waals surface area contributed by atoms with E-state index in [1.807, 2.05) is 37.2 Å². The SMILES string of the molecule is CN(C)CC#Cc1ccc([C@@H]2[C@H]3CN(S(=O)(=O)c4ccccc4)CCCCN3[C@H]2CO)cc1. The molecule has 0 saturated carbocycles. The van der Waals surface area contributed by atoms with Crippen LogP contribution in [0.25, 0.3) is 0 Å². The Labute approximate surface area is 197 Å². The van der Waals surface area contributed by atoms with E-state index in [-0.39, 0.29) is 24.6 Å². The van der Waals surface area contributed by atoms with Crippen LogP contribution in [-0.4, -0.2) is 86.6 Å². The van der Waals surface area contributed by atoms with Crippen LogP contribution >= 0.6 is 0 Å². The molecule has 2 aromatic carbocycles. The average molecular weight is 468 g/mol. The maximum atomic E-state index is 13.4. The van der Waals surface area contributed by atoms with E-state index in [9.17, 15) is 13.5 Å². The number of hydrogen-bond acceptors (Lipinski definition) is 5. The fourth-order valence-electron chi connectivity index (χ4n) is 4.96. The van der Waals surface area contributed by atoms with Gasteiger partial charge in [-0.1, -0.05) is 42.2 Å². The fraction of sp³-hybridized carbons (Fsp3) is 0.462. The lowest BCUT2D eigenvalue weighted by molar-refractivity contribution is -0.0553. The predicted molar refractivity (Wildman–Crippen MR) is 130 cm³/mol. The highest BCUT2D eigenvalue weighted by atomic mass is 32.2. The predicted octanol–water partition coefficient (Wildman–Crippen LogP) is 2.21. The van der Waals surface area contributed by atoms with Crippen molar-refractivity contribution >= 4 is 10.0 Å². The highest BCUT2D eigenvalue weighted by Crippen LogP contribution is 2.42. The molecule has 0 aromatic heterocycles. The number of hydrogen-bond donors (Lipinski definition) is 1. The number of rotatable bonds is 5. The van der Waals surface area contributed by atoms with Crippen molar-refractivity contribution in [3.8, 4) is 11.8 Å². The number of aliphatic hydroxyl groups excluding tert-OH is 1. The number of sulfonamides is 1. The molecule has 0 unspecified atom stereocenters. The van der Waals surface area contributed by atoms with Crippen molar-refractivity contribution in [2.75, 3.05) is 46.9 Å². The van der Waals surface area contributed by atoms with Crippen LogP contribution in [0.1, 0.15) is 29.9 Å². The van der Waals surface area contributed by atoms with Crippen LogP contribution in [0, 0.1) is 11.8 Å². The molecule has 2 heterocycles. The lowest BCUT2D eigenvalue weighted by atomic mass is 9.74. The van der Waals surface area contributed by atoms with Gasteiger partial charge in [0.1, 0.15) is 0 Å². The zero-order valence-corrected chi connectivity index (χ0v) is 20.2. The van der Waals surface area contributed by atoms with Crippen molar-refractivity contribution in [1.29, 1.82) is 0 Å². The molecule has 33 heavy (non-hydrogen) atoms. The summed E-state index contributed by atoms with van der Waals surface area (Å²) in [6, 6.07) is 17.0. The largest absolute Gasteiger partial charge is 0.395 e. The topological polar surface area (TPSA) is 64.1 Å². The first kappa shape index (κ1) is 23.9. The molecule has 2 saturated heterocycles. The minimum absolute atomic E-state index is 0.0139. The Hall–Kier alpha value is -2.21. The number of benzene rings is 2. The summed E-state index contributed by atoms with van der Waals surface area (Å²) in [6.07, 6.45) is 1.74. The third-order valence-electron chi connectivity index (χ3n) is 6.64. The molecule has 0 bridgehead atoms. The van der Waals surface area contributed by atoms with Crippen LogP contribution < -0.4 is 0 Å². The van der Waals surface area contributed by atoms with E-state index in [2.05, 4.69) is 28.9 Å². The quantitative estimate of drug-likeness (QED) is 0.684. The third kappa shape index (κ3) is 5.16. The lowest BCUT2D eigenvalue weighted by Crippen LogP contribution is -2.67. The summed E-state index contributed by atoms with van der Waals surface area (Å²) >= 11 is 0. The highest BCUT2D eigenvalue weighted by molar-refractivity contribution is 7.89. The van der Waals surface area contributed by atoms with Gasteiger partial charge in [-0.05, 0) is 63.3 Å². The van der Waals surface area contributed by atoms with Gasteiger partial charge in [-0.2, -0.15) is 4.31 Å². The van der Waals surface area contributed by atoms with Gasteiger partial charge in [0.15, 0.2) is 0 Å². The van der Waals surface area contributed by atoms with Crippen LogP contribution in [0.3, 0.4) is 0 Å². The number of aliphatic hydroxyl groups is 1. The Bertz CT molecular complexity index is 1090. The van der Waals surface area contributed by atoms with Gasteiger partial charge in [0, 0.05) is 36.7 Å². The summed E-state index contributed by atoms with van der Waals surface area (Å²) in [6.45, 7) is 2.62. The lowest BCUT2D eigenvalue weighted by Gasteiger charge is -2.57. The van der Waals surface area contributed by atoms with Crippen LogP contribution in [0.4, 0.5) is 0 Å². The average Bonchev–Trinajstić information content (AvgIpc) is 2.79. The van der Waals surface area contributed by atoms with E-state index in [0.29, 0.717) is 24.5 Å². The normalized spacial score (nSPS) is 24.2. The van der Waals surface area contributed by atoms with E-state index in [1.54, 1.807) is 28.6 Å². The molecular weight excluding hydrogens is 434 g/mol. The zero-order chi connectivity index (χ0) is 23.4. The summed E-state index contributed by atoms with van der Waals surface area (Å²) in [7, 11) is 0.427. The van der Waals surface area contributed by atoms with Crippen molar-refractivity contribution < 1.29 is 13.5 Å². The van der Waals surface area contributed by atoms with Gasteiger partial charge in [0.05, 0.1) is 18.0 Å². The van der Waals surface area contributed by atoms with Gasteiger partial charge in [0.25, 0.3) is 0 Å². The summed E-state index contributed by atoms with van der Waals surface area (Å²) < 4.78 is 28.3. The van der Waals surface area contributed by atoms with Crippen LogP contribution in [0.2, 0.25) is 0 Å². The van der Waals surface area contributed by atoms with Crippen molar-refractivity contribution in [1.82, 2.24) is 14.1 Å². The molecule has 0 radical (unpaired) electrons. The van der Waals surface area contributed by atoms with Crippen LogP contribution in [-0.2, 0) is 10.0 Å². The Morgan fingerprint density at radius 3 is 2.39 bits per heavy atom. The number of nitrogens with zero attached hydrogens (tertiary/aromatic N) is 3. The smallest absolute Gasteiger partial charge is 0.243 e. The Kier molecular flexibility index (Phi) is 7.52. The van der Waals surface area contributed by atoms with Crippen molar-refractivity contribution in [3.05, 3.63) is 65.7 Å². The second kappa shape index (κ2) is 10.4. The van der Waals surface area contributed by atoms with Gasteiger partial charge >= 0.3 is 0 Å². The second-order valence-corrected chi connectivity index (χ2v) is 11.1. The summed E-state index contributed by atoms with van der Waals surface area (Å²) in [4.78, 5) is 4.66. The molecule has 6 nitrogen and oxygen atoms in total. The van der Waals surface area contributed by atoms with Gasteiger partial charge in [-0.3, -0.25) is 9.80 Å². The Balaban J connectivity index is 1.57. The molecular formula is C26H33N3O3S. The molecule has 7 heteroatoms. The zero-order valence-electron chi connectivity index (χ0n) is 19.4. The van der Waals surface area contributed by atoms with Crippen molar-refractivity contribution in [3.63, 3.8) is 0 Å². The Morgan fingerprint density at radius 2 is 1.73 bits per heavy atom.